The molecule has 0 aromatic rings. The third kappa shape index (κ3) is 2.57. The highest BCUT2D eigenvalue weighted by Crippen LogP contribution is 2.37. The Balaban J connectivity index is 1.57. The number of fused-ring (bicyclic) bond motifs is 2. The summed E-state index contributed by atoms with van der Waals surface area (Å²) in [6.07, 6.45) is 5.64. The van der Waals surface area contributed by atoms with Gasteiger partial charge >= 0.3 is 0 Å². The van der Waals surface area contributed by atoms with Crippen molar-refractivity contribution in [3.63, 3.8) is 0 Å². The lowest BCUT2D eigenvalue weighted by Gasteiger charge is -2.42. The van der Waals surface area contributed by atoms with Gasteiger partial charge in [-0.3, -0.25) is 4.90 Å². The zero-order valence-electron chi connectivity index (χ0n) is 11.3. The van der Waals surface area contributed by atoms with Crippen molar-refractivity contribution in [2.75, 3.05) is 19.8 Å². The van der Waals surface area contributed by atoms with Crippen molar-refractivity contribution in [2.45, 2.75) is 69.3 Å². The number of nitrogens with one attached hydrogen (secondary N) is 1. The highest BCUT2D eigenvalue weighted by atomic mass is 16.5. The SMILES string of the molecule is CC(CC1COCCN1)N1C2CCC1CC(O)C2. The molecule has 4 unspecified atom stereocenters. The van der Waals surface area contributed by atoms with Gasteiger partial charge in [0.15, 0.2) is 0 Å². The van der Waals surface area contributed by atoms with Gasteiger partial charge in [-0.25, -0.2) is 0 Å². The van der Waals surface area contributed by atoms with Crippen LogP contribution in [0.25, 0.3) is 0 Å². The van der Waals surface area contributed by atoms with Gasteiger partial charge in [0.25, 0.3) is 0 Å². The fourth-order valence-corrected chi connectivity index (χ4v) is 4.21. The molecule has 4 atom stereocenters. The molecule has 0 spiro atoms. The van der Waals surface area contributed by atoms with Gasteiger partial charge in [0, 0.05) is 30.7 Å². The normalized spacial score (nSPS) is 43.0. The maximum atomic E-state index is 9.85. The highest BCUT2D eigenvalue weighted by molar-refractivity contribution is 4.98. The predicted octanol–water partition coefficient (Wildman–Crippen LogP) is 0.741. The first-order valence-corrected chi connectivity index (χ1v) is 7.50. The van der Waals surface area contributed by atoms with Gasteiger partial charge in [-0.2, -0.15) is 0 Å². The van der Waals surface area contributed by atoms with E-state index in [0.29, 0.717) is 24.2 Å². The minimum absolute atomic E-state index is 0.0536. The molecule has 4 heteroatoms. The van der Waals surface area contributed by atoms with E-state index in [1.165, 1.54) is 19.3 Å². The Kier molecular flexibility index (Phi) is 3.89. The summed E-state index contributed by atoms with van der Waals surface area (Å²) < 4.78 is 5.54. The molecule has 0 amide bonds. The molecule has 3 aliphatic rings. The van der Waals surface area contributed by atoms with Gasteiger partial charge in [-0.15, -0.1) is 0 Å². The number of rotatable bonds is 3. The van der Waals surface area contributed by atoms with Crippen LogP contribution >= 0.6 is 0 Å². The van der Waals surface area contributed by atoms with E-state index in [0.717, 1.165) is 32.6 Å². The summed E-state index contributed by atoms with van der Waals surface area (Å²) in [5.41, 5.74) is 0. The standard InChI is InChI=1S/C14H26N2O2/c1-10(6-11-9-18-5-4-15-11)16-12-2-3-13(16)8-14(17)7-12/h10-15,17H,2-9H2,1H3. The van der Waals surface area contributed by atoms with Gasteiger partial charge in [0.2, 0.25) is 0 Å². The molecule has 4 nitrogen and oxygen atoms in total. The number of aliphatic hydroxyl groups is 1. The van der Waals surface area contributed by atoms with E-state index in [2.05, 4.69) is 17.1 Å². The molecule has 0 radical (unpaired) electrons. The van der Waals surface area contributed by atoms with Crippen LogP contribution in [0.15, 0.2) is 0 Å². The zero-order valence-corrected chi connectivity index (χ0v) is 11.3. The molecular formula is C14H26N2O2. The Hall–Kier alpha value is -0.160. The summed E-state index contributed by atoms with van der Waals surface area (Å²) in [6.45, 7) is 5.05. The minimum atomic E-state index is -0.0536. The van der Waals surface area contributed by atoms with Gasteiger partial charge in [-0.05, 0) is 39.0 Å². The number of aliphatic hydroxyl groups excluding tert-OH is 1. The third-order valence-electron chi connectivity index (χ3n) is 4.90. The third-order valence-corrected chi connectivity index (χ3v) is 4.90. The molecule has 3 fully saturated rings. The fourth-order valence-electron chi connectivity index (χ4n) is 4.21. The van der Waals surface area contributed by atoms with Crippen molar-refractivity contribution in [2.24, 2.45) is 0 Å². The van der Waals surface area contributed by atoms with Crippen LogP contribution in [0.5, 0.6) is 0 Å². The molecule has 3 saturated heterocycles. The molecule has 0 saturated carbocycles. The Morgan fingerprint density at radius 1 is 1.33 bits per heavy atom. The summed E-state index contributed by atoms with van der Waals surface area (Å²) in [6, 6.07) is 2.37. The van der Waals surface area contributed by atoms with Gasteiger partial charge in [-0.1, -0.05) is 0 Å². The molecule has 2 bridgehead atoms. The average Bonchev–Trinajstić information content (AvgIpc) is 2.63. The van der Waals surface area contributed by atoms with E-state index in [9.17, 15) is 5.11 Å². The molecule has 0 aromatic heterocycles. The largest absolute Gasteiger partial charge is 0.393 e. The molecule has 0 aliphatic carbocycles. The van der Waals surface area contributed by atoms with Crippen molar-refractivity contribution < 1.29 is 9.84 Å². The van der Waals surface area contributed by atoms with Crippen molar-refractivity contribution in [1.29, 1.82) is 0 Å². The summed E-state index contributed by atoms with van der Waals surface area (Å²) in [4.78, 5) is 2.68. The molecule has 104 valence electrons. The summed E-state index contributed by atoms with van der Waals surface area (Å²) in [5, 5.41) is 13.4. The van der Waals surface area contributed by atoms with E-state index in [1.807, 2.05) is 0 Å². The van der Waals surface area contributed by atoms with Crippen molar-refractivity contribution in [3.05, 3.63) is 0 Å². The number of ether oxygens (including phenoxy) is 1. The smallest absolute Gasteiger partial charge is 0.0620 e. The molecule has 3 rings (SSSR count). The number of morpholine rings is 1. The lowest BCUT2D eigenvalue weighted by Crippen LogP contribution is -2.52. The monoisotopic (exact) mass is 254 g/mol. The van der Waals surface area contributed by atoms with E-state index >= 15 is 0 Å². The van der Waals surface area contributed by atoms with E-state index in [4.69, 9.17) is 4.74 Å². The fraction of sp³-hybridized carbons (Fsp3) is 1.00. The lowest BCUT2D eigenvalue weighted by atomic mass is 9.95. The Labute approximate surface area is 110 Å². The van der Waals surface area contributed by atoms with Crippen molar-refractivity contribution in [3.8, 4) is 0 Å². The lowest BCUT2D eigenvalue weighted by molar-refractivity contribution is 0.00207. The van der Waals surface area contributed by atoms with Crippen molar-refractivity contribution >= 4 is 0 Å². The summed E-state index contributed by atoms with van der Waals surface area (Å²) in [5.74, 6) is 0. The van der Waals surface area contributed by atoms with Crippen LogP contribution in [0.1, 0.15) is 39.0 Å². The van der Waals surface area contributed by atoms with Crippen LogP contribution in [-0.2, 0) is 4.74 Å². The molecular weight excluding hydrogens is 228 g/mol. The molecule has 3 aliphatic heterocycles. The highest BCUT2D eigenvalue weighted by Gasteiger charge is 2.42. The second-order valence-corrected chi connectivity index (χ2v) is 6.27. The Bertz CT molecular complexity index is 267. The number of nitrogens with zero attached hydrogens (tertiary/aromatic N) is 1. The first-order valence-electron chi connectivity index (χ1n) is 7.50. The average molecular weight is 254 g/mol. The first-order chi connectivity index (χ1) is 8.74. The topological polar surface area (TPSA) is 44.7 Å². The van der Waals surface area contributed by atoms with Crippen LogP contribution in [-0.4, -0.2) is 60.0 Å². The molecule has 0 aromatic carbocycles. The number of hydrogen-bond acceptors (Lipinski definition) is 4. The van der Waals surface area contributed by atoms with E-state index in [1.54, 1.807) is 0 Å². The van der Waals surface area contributed by atoms with E-state index < -0.39 is 0 Å². The second-order valence-electron chi connectivity index (χ2n) is 6.27. The molecule has 3 heterocycles. The van der Waals surface area contributed by atoms with Crippen LogP contribution in [0.4, 0.5) is 0 Å². The number of piperidine rings is 1. The van der Waals surface area contributed by atoms with Crippen LogP contribution in [0.3, 0.4) is 0 Å². The van der Waals surface area contributed by atoms with Crippen molar-refractivity contribution in [1.82, 2.24) is 10.2 Å². The Morgan fingerprint density at radius 3 is 2.67 bits per heavy atom. The molecule has 18 heavy (non-hydrogen) atoms. The first kappa shape index (κ1) is 12.9. The van der Waals surface area contributed by atoms with Gasteiger partial charge < -0.3 is 15.2 Å². The van der Waals surface area contributed by atoms with Crippen LogP contribution in [0.2, 0.25) is 0 Å². The molecule has 2 N–H and O–H groups in total. The maximum Gasteiger partial charge on any atom is 0.0620 e. The number of hydrogen-bond donors (Lipinski definition) is 2. The van der Waals surface area contributed by atoms with Gasteiger partial charge in [0.1, 0.15) is 0 Å². The zero-order chi connectivity index (χ0) is 12.5. The minimum Gasteiger partial charge on any atom is -0.393 e. The Morgan fingerprint density at radius 2 is 2.06 bits per heavy atom. The maximum absolute atomic E-state index is 9.85. The predicted molar refractivity (Wildman–Crippen MR) is 70.6 cm³/mol. The summed E-state index contributed by atoms with van der Waals surface area (Å²) in [7, 11) is 0. The van der Waals surface area contributed by atoms with Crippen LogP contribution in [0, 0.1) is 0 Å². The summed E-state index contributed by atoms with van der Waals surface area (Å²) >= 11 is 0. The van der Waals surface area contributed by atoms with Gasteiger partial charge in [0.05, 0.1) is 19.3 Å². The van der Waals surface area contributed by atoms with E-state index in [-0.39, 0.29) is 6.10 Å². The van der Waals surface area contributed by atoms with Crippen LogP contribution < -0.4 is 5.32 Å². The quantitative estimate of drug-likeness (QED) is 0.780. The second kappa shape index (κ2) is 5.45.